The molecule has 2 aromatic carbocycles. The van der Waals surface area contributed by atoms with Crippen molar-refractivity contribution in [3.63, 3.8) is 0 Å². The van der Waals surface area contributed by atoms with Gasteiger partial charge in [0.2, 0.25) is 5.91 Å². The SMILES string of the molecule is O=C(O)C1CCCCC1C(=O)Nc1nc(-c2ccc3ccccc3c2)cs1. The molecule has 0 saturated heterocycles. The third-order valence-electron chi connectivity index (χ3n) is 5.20. The van der Waals surface area contributed by atoms with E-state index in [1.165, 1.54) is 16.7 Å². The number of anilines is 1. The molecule has 2 unspecified atom stereocenters. The topological polar surface area (TPSA) is 79.3 Å². The van der Waals surface area contributed by atoms with E-state index in [1.807, 2.05) is 23.6 Å². The Hall–Kier alpha value is -2.73. The van der Waals surface area contributed by atoms with Crippen LogP contribution in [0, 0.1) is 11.8 Å². The lowest BCUT2D eigenvalue weighted by Gasteiger charge is -2.26. The van der Waals surface area contributed by atoms with Crippen LogP contribution in [0.3, 0.4) is 0 Å². The molecule has 2 atom stereocenters. The number of carboxylic acid groups (broad SMARTS) is 1. The first-order valence-electron chi connectivity index (χ1n) is 9.10. The summed E-state index contributed by atoms with van der Waals surface area (Å²) in [6.45, 7) is 0. The number of fused-ring (bicyclic) bond motifs is 1. The number of hydrogen-bond acceptors (Lipinski definition) is 4. The Balaban J connectivity index is 1.51. The van der Waals surface area contributed by atoms with Gasteiger partial charge in [-0.15, -0.1) is 11.3 Å². The number of nitrogens with zero attached hydrogens (tertiary/aromatic N) is 1. The van der Waals surface area contributed by atoms with Crippen molar-refractivity contribution in [3.05, 3.63) is 47.8 Å². The maximum absolute atomic E-state index is 12.6. The highest BCUT2D eigenvalue weighted by atomic mass is 32.1. The van der Waals surface area contributed by atoms with Crippen molar-refractivity contribution in [2.45, 2.75) is 25.7 Å². The third kappa shape index (κ3) is 3.71. The predicted molar refractivity (Wildman–Crippen MR) is 107 cm³/mol. The Morgan fingerprint density at radius 1 is 1.04 bits per heavy atom. The minimum Gasteiger partial charge on any atom is -0.481 e. The summed E-state index contributed by atoms with van der Waals surface area (Å²) in [6, 6.07) is 14.3. The van der Waals surface area contributed by atoms with E-state index in [-0.39, 0.29) is 5.91 Å². The van der Waals surface area contributed by atoms with Crippen LogP contribution in [-0.4, -0.2) is 22.0 Å². The molecule has 0 bridgehead atoms. The molecule has 1 heterocycles. The molecule has 3 aromatic rings. The zero-order chi connectivity index (χ0) is 18.8. The second kappa shape index (κ2) is 7.48. The molecule has 0 radical (unpaired) electrons. The number of rotatable bonds is 4. The van der Waals surface area contributed by atoms with Crippen molar-refractivity contribution >= 4 is 39.1 Å². The van der Waals surface area contributed by atoms with E-state index >= 15 is 0 Å². The lowest BCUT2D eigenvalue weighted by molar-refractivity contribution is -0.147. The highest BCUT2D eigenvalue weighted by Gasteiger charge is 2.35. The molecule has 1 fully saturated rings. The molecule has 0 spiro atoms. The number of nitrogens with one attached hydrogen (secondary N) is 1. The Morgan fingerprint density at radius 3 is 2.56 bits per heavy atom. The van der Waals surface area contributed by atoms with E-state index in [0.29, 0.717) is 18.0 Å². The van der Waals surface area contributed by atoms with Crippen molar-refractivity contribution in [3.8, 4) is 11.3 Å². The molecule has 6 heteroatoms. The monoisotopic (exact) mass is 380 g/mol. The smallest absolute Gasteiger partial charge is 0.307 e. The van der Waals surface area contributed by atoms with Crippen molar-refractivity contribution in [2.75, 3.05) is 5.32 Å². The molecule has 1 aliphatic carbocycles. The van der Waals surface area contributed by atoms with Crippen LogP contribution in [0.1, 0.15) is 25.7 Å². The van der Waals surface area contributed by atoms with E-state index in [1.54, 1.807) is 0 Å². The van der Waals surface area contributed by atoms with E-state index in [0.717, 1.165) is 29.5 Å². The van der Waals surface area contributed by atoms with Crippen LogP contribution in [0.2, 0.25) is 0 Å². The fraction of sp³-hybridized carbons (Fsp3) is 0.286. The lowest BCUT2D eigenvalue weighted by Crippen LogP contribution is -2.36. The normalized spacial score (nSPS) is 19.7. The number of thiazole rings is 1. The van der Waals surface area contributed by atoms with Crippen LogP contribution in [-0.2, 0) is 9.59 Å². The van der Waals surface area contributed by atoms with E-state index in [4.69, 9.17) is 0 Å². The molecule has 27 heavy (non-hydrogen) atoms. The summed E-state index contributed by atoms with van der Waals surface area (Å²) in [5.41, 5.74) is 1.80. The van der Waals surface area contributed by atoms with Gasteiger partial charge in [-0.25, -0.2) is 4.98 Å². The van der Waals surface area contributed by atoms with Crippen molar-refractivity contribution in [2.24, 2.45) is 11.8 Å². The van der Waals surface area contributed by atoms with Crippen LogP contribution in [0.4, 0.5) is 5.13 Å². The molecular formula is C21H20N2O3S. The first-order valence-corrected chi connectivity index (χ1v) is 9.98. The number of hydrogen-bond donors (Lipinski definition) is 2. The van der Waals surface area contributed by atoms with Crippen LogP contribution >= 0.6 is 11.3 Å². The highest BCUT2D eigenvalue weighted by Crippen LogP contribution is 2.32. The fourth-order valence-corrected chi connectivity index (χ4v) is 4.47. The molecule has 138 valence electrons. The molecule has 1 aromatic heterocycles. The summed E-state index contributed by atoms with van der Waals surface area (Å²) >= 11 is 1.36. The fourth-order valence-electron chi connectivity index (χ4n) is 3.75. The second-order valence-electron chi connectivity index (χ2n) is 6.92. The Morgan fingerprint density at radius 2 is 1.78 bits per heavy atom. The molecule has 1 aliphatic rings. The van der Waals surface area contributed by atoms with Gasteiger partial charge in [-0.1, -0.05) is 49.2 Å². The van der Waals surface area contributed by atoms with Gasteiger partial charge in [0, 0.05) is 10.9 Å². The van der Waals surface area contributed by atoms with Crippen molar-refractivity contribution in [1.29, 1.82) is 0 Å². The van der Waals surface area contributed by atoms with Crippen molar-refractivity contribution < 1.29 is 14.7 Å². The van der Waals surface area contributed by atoms with E-state index in [9.17, 15) is 14.7 Å². The number of benzene rings is 2. The Labute approximate surface area is 161 Å². The summed E-state index contributed by atoms with van der Waals surface area (Å²) in [5, 5.41) is 16.9. The summed E-state index contributed by atoms with van der Waals surface area (Å²) in [7, 11) is 0. The zero-order valence-electron chi connectivity index (χ0n) is 14.7. The molecule has 5 nitrogen and oxygen atoms in total. The van der Waals surface area contributed by atoms with Gasteiger partial charge in [0.25, 0.3) is 0 Å². The predicted octanol–water partition coefficient (Wildman–Crippen LogP) is 4.79. The van der Waals surface area contributed by atoms with Crippen LogP contribution in [0.15, 0.2) is 47.8 Å². The van der Waals surface area contributed by atoms with Gasteiger partial charge in [0.15, 0.2) is 5.13 Å². The van der Waals surface area contributed by atoms with Crippen LogP contribution < -0.4 is 5.32 Å². The number of amides is 1. The first-order chi connectivity index (χ1) is 13.1. The Kier molecular flexibility index (Phi) is 4.90. The summed E-state index contributed by atoms with van der Waals surface area (Å²) in [5.74, 6) is -2.20. The summed E-state index contributed by atoms with van der Waals surface area (Å²) in [4.78, 5) is 28.6. The quantitative estimate of drug-likeness (QED) is 0.682. The van der Waals surface area contributed by atoms with Crippen molar-refractivity contribution in [1.82, 2.24) is 4.98 Å². The van der Waals surface area contributed by atoms with Gasteiger partial charge in [-0.05, 0) is 29.7 Å². The number of carboxylic acids is 1. The zero-order valence-corrected chi connectivity index (χ0v) is 15.5. The summed E-state index contributed by atoms with van der Waals surface area (Å²) in [6.07, 6.45) is 2.94. The number of carbonyl (C=O) groups excluding carboxylic acids is 1. The minimum absolute atomic E-state index is 0.235. The molecule has 1 amide bonds. The van der Waals surface area contributed by atoms with Gasteiger partial charge >= 0.3 is 5.97 Å². The average Bonchev–Trinajstić information content (AvgIpc) is 3.16. The Bertz CT molecular complexity index is 998. The van der Waals surface area contributed by atoms with Crippen LogP contribution in [0.25, 0.3) is 22.0 Å². The highest BCUT2D eigenvalue weighted by molar-refractivity contribution is 7.14. The third-order valence-corrected chi connectivity index (χ3v) is 5.96. The number of aromatic nitrogens is 1. The van der Waals surface area contributed by atoms with Gasteiger partial charge in [-0.2, -0.15) is 0 Å². The standard InChI is InChI=1S/C21H20N2O3S/c24-19(16-7-3-4-8-17(16)20(25)26)23-21-22-18(12-27-21)15-10-9-13-5-1-2-6-14(13)11-15/h1-2,5-6,9-12,16-17H,3-4,7-8H2,(H,25,26)(H,22,23,24). The summed E-state index contributed by atoms with van der Waals surface area (Å²) < 4.78 is 0. The average molecular weight is 380 g/mol. The molecule has 4 rings (SSSR count). The molecule has 0 aliphatic heterocycles. The number of aliphatic carboxylic acids is 1. The van der Waals surface area contributed by atoms with Crippen LogP contribution in [0.5, 0.6) is 0 Å². The molecular weight excluding hydrogens is 360 g/mol. The van der Waals surface area contributed by atoms with Gasteiger partial charge in [0.05, 0.1) is 17.5 Å². The second-order valence-corrected chi connectivity index (χ2v) is 7.78. The van der Waals surface area contributed by atoms with E-state index < -0.39 is 17.8 Å². The minimum atomic E-state index is -0.883. The lowest BCUT2D eigenvalue weighted by atomic mass is 9.79. The maximum Gasteiger partial charge on any atom is 0.307 e. The molecule has 1 saturated carbocycles. The van der Waals surface area contributed by atoms with E-state index in [2.05, 4.69) is 34.6 Å². The van der Waals surface area contributed by atoms with Gasteiger partial charge in [-0.3, -0.25) is 9.59 Å². The van der Waals surface area contributed by atoms with Gasteiger partial charge in [0.1, 0.15) is 0 Å². The largest absolute Gasteiger partial charge is 0.481 e. The first kappa shape index (κ1) is 17.7. The van der Waals surface area contributed by atoms with Gasteiger partial charge < -0.3 is 10.4 Å². The maximum atomic E-state index is 12.6. The number of carbonyl (C=O) groups is 2. The molecule has 2 N–H and O–H groups in total.